The predicted molar refractivity (Wildman–Crippen MR) is 167 cm³/mol. The van der Waals surface area contributed by atoms with Crippen molar-refractivity contribution in [1.82, 2.24) is 25.5 Å². The van der Waals surface area contributed by atoms with E-state index in [0.717, 1.165) is 30.4 Å². The van der Waals surface area contributed by atoms with Gasteiger partial charge in [0.15, 0.2) is 0 Å². The Kier molecular flexibility index (Phi) is 10.1. The van der Waals surface area contributed by atoms with Crippen molar-refractivity contribution in [2.45, 2.75) is 56.7 Å². The van der Waals surface area contributed by atoms with E-state index in [-0.39, 0.29) is 30.9 Å². The van der Waals surface area contributed by atoms with E-state index >= 15 is 0 Å². The van der Waals surface area contributed by atoms with Gasteiger partial charge in [-0.25, -0.2) is 9.78 Å². The van der Waals surface area contributed by atoms with E-state index in [1.165, 1.54) is 16.8 Å². The van der Waals surface area contributed by atoms with Gasteiger partial charge in [0.25, 0.3) is 0 Å². The number of hydrogen-bond acceptors (Lipinski definition) is 5. The molecule has 228 valence electrons. The van der Waals surface area contributed by atoms with Gasteiger partial charge in [-0.15, -0.1) is 0 Å². The van der Waals surface area contributed by atoms with E-state index in [1.54, 1.807) is 6.20 Å². The zero-order chi connectivity index (χ0) is 30.8. The van der Waals surface area contributed by atoms with Gasteiger partial charge < -0.3 is 25.3 Å². The standard InChI is InChI=1S/C35H39N5O4/c1-26(28-14-7-3-8-15-28)40(22-32(41)37-24-35(18-11-19-35)29-16-9-4-10-17-29)33(42)31(20-30-21-36-25-38-30)39-34(43)44-23-27-12-5-2-6-13-27/h2-10,12-17,21,25-26,31H,11,18-20,22-24H2,1H3,(H,36,38)(H,37,41)(H,39,43)/t26-,31-/m0/s1. The average Bonchev–Trinajstić information content (AvgIpc) is 3.56. The summed E-state index contributed by atoms with van der Waals surface area (Å²) in [6.07, 6.45) is 5.67. The first-order valence-corrected chi connectivity index (χ1v) is 15.1. The molecule has 1 aliphatic rings. The van der Waals surface area contributed by atoms with Crippen LogP contribution in [0.2, 0.25) is 0 Å². The van der Waals surface area contributed by atoms with Crippen LogP contribution in [0.4, 0.5) is 4.79 Å². The number of carbonyl (C=O) groups is 3. The van der Waals surface area contributed by atoms with Crippen molar-refractivity contribution >= 4 is 17.9 Å². The molecule has 4 aromatic rings. The molecule has 0 aliphatic heterocycles. The van der Waals surface area contributed by atoms with Crippen molar-refractivity contribution in [3.05, 3.63) is 126 Å². The van der Waals surface area contributed by atoms with Gasteiger partial charge in [-0.2, -0.15) is 0 Å². The lowest BCUT2D eigenvalue weighted by atomic mass is 9.64. The van der Waals surface area contributed by atoms with Crippen LogP contribution in [0.1, 0.15) is 54.6 Å². The number of amides is 3. The summed E-state index contributed by atoms with van der Waals surface area (Å²) >= 11 is 0. The number of aromatic nitrogens is 2. The third-order valence-electron chi connectivity index (χ3n) is 8.45. The Morgan fingerprint density at radius 1 is 0.955 bits per heavy atom. The van der Waals surface area contributed by atoms with Crippen molar-refractivity contribution < 1.29 is 19.1 Å². The Morgan fingerprint density at radius 2 is 1.61 bits per heavy atom. The smallest absolute Gasteiger partial charge is 0.408 e. The third kappa shape index (κ3) is 7.72. The molecule has 44 heavy (non-hydrogen) atoms. The fraction of sp³-hybridized carbons (Fsp3) is 0.314. The van der Waals surface area contributed by atoms with Gasteiger partial charge in [-0.05, 0) is 36.5 Å². The predicted octanol–water partition coefficient (Wildman–Crippen LogP) is 5.08. The Bertz CT molecular complexity index is 1490. The van der Waals surface area contributed by atoms with Gasteiger partial charge in [0.2, 0.25) is 11.8 Å². The van der Waals surface area contributed by atoms with Crippen LogP contribution in [0, 0.1) is 0 Å². The van der Waals surface area contributed by atoms with E-state index < -0.39 is 24.1 Å². The number of hydrogen-bond donors (Lipinski definition) is 3. The maximum atomic E-state index is 14.3. The summed E-state index contributed by atoms with van der Waals surface area (Å²) in [7, 11) is 0. The maximum Gasteiger partial charge on any atom is 0.408 e. The third-order valence-corrected chi connectivity index (χ3v) is 8.45. The number of rotatable bonds is 13. The van der Waals surface area contributed by atoms with Crippen molar-refractivity contribution in [2.75, 3.05) is 13.1 Å². The molecule has 0 bridgehead atoms. The van der Waals surface area contributed by atoms with Crippen LogP contribution in [0.3, 0.4) is 0 Å². The molecule has 5 rings (SSSR count). The second kappa shape index (κ2) is 14.5. The monoisotopic (exact) mass is 593 g/mol. The summed E-state index contributed by atoms with van der Waals surface area (Å²) < 4.78 is 5.44. The SMILES string of the molecule is C[C@@H](c1ccccc1)N(CC(=O)NCC1(c2ccccc2)CCC1)C(=O)[C@H](Cc1cnc[nH]1)NC(=O)OCc1ccccc1. The first-order valence-electron chi connectivity index (χ1n) is 15.1. The van der Waals surface area contributed by atoms with Gasteiger partial charge in [-0.3, -0.25) is 9.59 Å². The Labute approximate surface area is 258 Å². The van der Waals surface area contributed by atoms with Crippen molar-refractivity contribution in [3.8, 4) is 0 Å². The van der Waals surface area contributed by atoms with Crippen LogP contribution >= 0.6 is 0 Å². The van der Waals surface area contributed by atoms with E-state index in [1.807, 2.05) is 85.8 Å². The summed E-state index contributed by atoms with van der Waals surface area (Å²) in [5.74, 6) is -0.653. The normalized spacial score (nSPS) is 14.8. The molecule has 0 radical (unpaired) electrons. The van der Waals surface area contributed by atoms with Crippen LogP contribution in [0.15, 0.2) is 104 Å². The molecular formula is C35H39N5O4. The molecule has 1 aliphatic carbocycles. The van der Waals surface area contributed by atoms with Crippen LogP contribution in [-0.4, -0.2) is 51.9 Å². The molecule has 9 heteroatoms. The Balaban J connectivity index is 1.33. The fourth-order valence-electron chi connectivity index (χ4n) is 5.68. The fourth-order valence-corrected chi connectivity index (χ4v) is 5.68. The number of imidazole rings is 1. The van der Waals surface area contributed by atoms with Crippen LogP contribution in [0.5, 0.6) is 0 Å². The Morgan fingerprint density at radius 3 is 2.23 bits per heavy atom. The molecule has 3 N–H and O–H groups in total. The molecule has 1 heterocycles. The van der Waals surface area contributed by atoms with Crippen molar-refractivity contribution in [2.24, 2.45) is 0 Å². The number of nitrogens with zero attached hydrogens (tertiary/aromatic N) is 2. The number of alkyl carbamates (subject to hydrolysis) is 1. The highest BCUT2D eigenvalue weighted by Gasteiger charge is 2.39. The first-order chi connectivity index (χ1) is 21.4. The summed E-state index contributed by atoms with van der Waals surface area (Å²) in [6, 6.07) is 27.7. The van der Waals surface area contributed by atoms with Crippen LogP contribution < -0.4 is 10.6 Å². The van der Waals surface area contributed by atoms with E-state index in [2.05, 4.69) is 32.7 Å². The largest absolute Gasteiger partial charge is 0.445 e. The van der Waals surface area contributed by atoms with Gasteiger partial charge in [-0.1, -0.05) is 97.4 Å². The molecular weight excluding hydrogens is 554 g/mol. The van der Waals surface area contributed by atoms with E-state index in [4.69, 9.17) is 4.74 Å². The quantitative estimate of drug-likeness (QED) is 0.200. The molecule has 3 aromatic carbocycles. The van der Waals surface area contributed by atoms with Gasteiger partial charge >= 0.3 is 6.09 Å². The average molecular weight is 594 g/mol. The van der Waals surface area contributed by atoms with Crippen molar-refractivity contribution in [3.63, 3.8) is 0 Å². The highest BCUT2D eigenvalue weighted by molar-refractivity contribution is 5.90. The number of nitrogens with one attached hydrogen (secondary N) is 3. The molecule has 3 amide bonds. The lowest BCUT2D eigenvalue weighted by molar-refractivity contribution is -0.140. The highest BCUT2D eigenvalue weighted by atomic mass is 16.5. The summed E-state index contributed by atoms with van der Waals surface area (Å²) in [4.78, 5) is 49.3. The molecule has 1 saturated carbocycles. The number of carbonyl (C=O) groups excluding carboxylic acids is 3. The van der Waals surface area contributed by atoms with Gasteiger partial charge in [0.1, 0.15) is 19.2 Å². The second-order valence-electron chi connectivity index (χ2n) is 11.4. The lowest BCUT2D eigenvalue weighted by Crippen LogP contribution is -2.54. The summed E-state index contributed by atoms with van der Waals surface area (Å²) in [5.41, 5.74) is 3.49. The van der Waals surface area contributed by atoms with Gasteiger partial charge in [0, 0.05) is 30.3 Å². The van der Waals surface area contributed by atoms with Gasteiger partial charge in [0.05, 0.1) is 12.4 Å². The van der Waals surface area contributed by atoms with E-state index in [0.29, 0.717) is 12.2 Å². The van der Waals surface area contributed by atoms with Crippen LogP contribution in [0.25, 0.3) is 0 Å². The molecule has 0 unspecified atom stereocenters. The lowest BCUT2D eigenvalue weighted by Gasteiger charge is -2.43. The molecule has 9 nitrogen and oxygen atoms in total. The molecule has 2 atom stereocenters. The topological polar surface area (TPSA) is 116 Å². The number of benzene rings is 3. The summed E-state index contributed by atoms with van der Waals surface area (Å²) in [5, 5.41) is 5.87. The number of H-pyrrole nitrogens is 1. The second-order valence-corrected chi connectivity index (χ2v) is 11.4. The minimum atomic E-state index is -1.00. The molecule has 1 fully saturated rings. The first kappa shape index (κ1) is 30.5. The van der Waals surface area contributed by atoms with Crippen LogP contribution in [-0.2, 0) is 32.8 Å². The maximum absolute atomic E-state index is 14.3. The van der Waals surface area contributed by atoms with Crippen molar-refractivity contribution in [1.29, 1.82) is 0 Å². The molecule has 0 spiro atoms. The Hall–Kier alpha value is -4.92. The highest BCUT2D eigenvalue weighted by Crippen LogP contribution is 2.43. The minimum Gasteiger partial charge on any atom is -0.445 e. The zero-order valence-electron chi connectivity index (χ0n) is 24.9. The number of ether oxygens (including phenoxy) is 1. The summed E-state index contributed by atoms with van der Waals surface area (Å²) in [6.45, 7) is 2.28. The molecule has 0 saturated heterocycles. The number of aromatic amines is 1. The minimum absolute atomic E-state index is 0.0628. The zero-order valence-corrected chi connectivity index (χ0v) is 24.9. The van der Waals surface area contributed by atoms with E-state index in [9.17, 15) is 14.4 Å². The molecule has 1 aromatic heterocycles.